The molecule has 0 fully saturated rings. The van der Waals surface area contributed by atoms with Gasteiger partial charge in [-0.3, -0.25) is 0 Å². The number of hydrogen-bond donors (Lipinski definition) is 1. The van der Waals surface area contributed by atoms with Gasteiger partial charge in [-0.1, -0.05) is 29.8 Å². The molecule has 0 radical (unpaired) electrons. The SMILES string of the molecule is COc1ccc(OCc2ccccc2Cl)c(C(=O)O)c1. The quantitative estimate of drug-likeness (QED) is 0.914. The van der Waals surface area contributed by atoms with Crippen molar-refractivity contribution < 1.29 is 19.4 Å². The minimum Gasteiger partial charge on any atom is -0.497 e. The first-order valence-electron chi connectivity index (χ1n) is 5.89. The largest absolute Gasteiger partial charge is 0.497 e. The summed E-state index contributed by atoms with van der Waals surface area (Å²) in [4.78, 5) is 11.2. The molecule has 0 aromatic heterocycles. The van der Waals surface area contributed by atoms with E-state index in [0.717, 1.165) is 5.56 Å². The van der Waals surface area contributed by atoms with Gasteiger partial charge in [0.05, 0.1) is 7.11 Å². The molecule has 0 heterocycles. The van der Waals surface area contributed by atoms with E-state index in [1.54, 1.807) is 18.2 Å². The molecule has 20 heavy (non-hydrogen) atoms. The number of benzene rings is 2. The van der Waals surface area contributed by atoms with E-state index in [1.807, 2.05) is 18.2 Å². The van der Waals surface area contributed by atoms with Crippen LogP contribution in [0.4, 0.5) is 0 Å². The van der Waals surface area contributed by atoms with Crippen LogP contribution in [0.2, 0.25) is 5.02 Å². The van der Waals surface area contributed by atoms with E-state index in [2.05, 4.69) is 0 Å². The number of carboxylic acid groups (broad SMARTS) is 1. The average Bonchev–Trinajstić information content (AvgIpc) is 2.46. The van der Waals surface area contributed by atoms with Gasteiger partial charge in [0.1, 0.15) is 23.7 Å². The summed E-state index contributed by atoms with van der Waals surface area (Å²) in [6.45, 7) is 0.201. The number of rotatable bonds is 5. The minimum absolute atomic E-state index is 0.0522. The smallest absolute Gasteiger partial charge is 0.339 e. The molecule has 0 atom stereocenters. The van der Waals surface area contributed by atoms with Crippen LogP contribution < -0.4 is 9.47 Å². The van der Waals surface area contributed by atoms with Crippen molar-refractivity contribution >= 4 is 17.6 Å². The summed E-state index contributed by atoms with van der Waals surface area (Å²) in [5.41, 5.74) is 0.845. The number of carbonyl (C=O) groups is 1. The maximum absolute atomic E-state index is 11.2. The fraction of sp³-hybridized carbons (Fsp3) is 0.133. The number of aromatic carboxylic acids is 1. The molecule has 2 aromatic carbocycles. The summed E-state index contributed by atoms with van der Waals surface area (Å²) in [6, 6.07) is 11.9. The van der Waals surface area contributed by atoms with Crippen LogP contribution in [0.25, 0.3) is 0 Å². The maximum Gasteiger partial charge on any atom is 0.339 e. The molecular weight excluding hydrogens is 280 g/mol. The second-order valence-electron chi connectivity index (χ2n) is 4.05. The molecule has 2 rings (SSSR count). The van der Waals surface area contributed by atoms with Crippen molar-refractivity contribution in [1.82, 2.24) is 0 Å². The van der Waals surface area contributed by atoms with E-state index in [9.17, 15) is 9.90 Å². The van der Waals surface area contributed by atoms with E-state index in [4.69, 9.17) is 21.1 Å². The lowest BCUT2D eigenvalue weighted by molar-refractivity contribution is 0.0691. The van der Waals surface area contributed by atoms with Crippen molar-refractivity contribution in [1.29, 1.82) is 0 Å². The summed E-state index contributed by atoms with van der Waals surface area (Å²) in [6.07, 6.45) is 0. The van der Waals surface area contributed by atoms with Gasteiger partial charge in [0, 0.05) is 10.6 Å². The van der Waals surface area contributed by atoms with E-state index in [1.165, 1.54) is 13.2 Å². The first-order chi connectivity index (χ1) is 9.61. The van der Waals surface area contributed by atoms with Gasteiger partial charge in [-0.25, -0.2) is 4.79 Å². The second-order valence-corrected chi connectivity index (χ2v) is 4.45. The minimum atomic E-state index is -1.07. The Balaban J connectivity index is 2.21. The molecule has 1 N–H and O–H groups in total. The zero-order chi connectivity index (χ0) is 14.5. The second kappa shape index (κ2) is 6.30. The van der Waals surface area contributed by atoms with Crippen LogP contribution >= 0.6 is 11.6 Å². The molecule has 0 saturated heterocycles. The van der Waals surface area contributed by atoms with Crippen molar-refractivity contribution in [2.75, 3.05) is 7.11 Å². The molecule has 0 spiro atoms. The van der Waals surface area contributed by atoms with E-state index >= 15 is 0 Å². The molecule has 4 nitrogen and oxygen atoms in total. The lowest BCUT2D eigenvalue weighted by Gasteiger charge is -2.11. The lowest BCUT2D eigenvalue weighted by Crippen LogP contribution is -2.04. The Morgan fingerprint density at radius 3 is 2.65 bits per heavy atom. The summed E-state index contributed by atoms with van der Waals surface area (Å²) >= 11 is 6.02. The van der Waals surface area contributed by atoms with Gasteiger partial charge >= 0.3 is 5.97 Å². The molecule has 0 aliphatic carbocycles. The molecule has 0 aliphatic heterocycles. The Morgan fingerprint density at radius 2 is 2.00 bits per heavy atom. The van der Waals surface area contributed by atoms with Crippen LogP contribution in [0.15, 0.2) is 42.5 Å². The third-order valence-corrected chi connectivity index (χ3v) is 3.13. The molecule has 104 valence electrons. The number of methoxy groups -OCH3 is 1. The van der Waals surface area contributed by atoms with Crippen molar-refractivity contribution in [2.45, 2.75) is 6.61 Å². The number of halogens is 1. The van der Waals surface area contributed by atoms with E-state index < -0.39 is 5.97 Å². The van der Waals surface area contributed by atoms with Gasteiger partial charge in [0.2, 0.25) is 0 Å². The maximum atomic E-state index is 11.2. The number of ether oxygens (including phenoxy) is 2. The Bertz CT molecular complexity index is 625. The van der Waals surface area contributed by atoms with Gasteiger partial charge in [-0.15, -0.1) is 0 Å². The summed E-state index contributed by atoms with van der Waals surface area (Å²) < 4.78 is 10.5. The van der Waals surface area contributed by atoms with Crippen molar-refractivity contribution in [3.05, 3.63) is 58.6 Å². The molecule has 0 unspecified atom stereocenters. The third-order valence-electron chi connectivity index (χ3n) is 2.76. The molecule has 0 amide bonds. The van der Waals surface area contributed by atoms with Crippen LogP contribution in [-0.4, -0.2) is 18.2 Å². The van der Waals surface area contributed by atoms with Gasteiger partial charge in [-0.05, 0) is 24.3 Å². The Morgan fingerprint density at radius 1 is 1.25 bits per heavy atom. The highest BCUT2D eigenvalue weighted by Crippen LogP contribution is 2.26. The van der Waals surface area contributed by atoms with Crippen molar-refractivity contribution in [2.24, 2.45) is 0 Å². The molecule has 0 saturated carbocycles. The Kier molecular flexibility index (Phi) is 4.48. The molecule has 0 bridgehead atoms. The summed E-state index contributed by atoms with van der Waals surface area (Å²) in [5, 5.41) is 9.76. The fourth-order valence-corrected chi connectivity index (χ4v) is 1.89. The average molecular weight is 293 g/mol. The zero-order valence-corrected chi connectivity index (χ0v) is 11.6. The zero-order valence-electron chi connectivity index (χ0n) is 10.8. The van der Waals surface area contributed by atoms with Crippen LogP contribution in [0.5, 0.6) is 11.5 Å². The van der Waals surface area contributed by atoms with E-state index in [-0.39, 0.29) is 17.9 Å². The standard InChI is InChI=1S/C15H13ClO4/c1-19-11-6-7-14(12(8-11)15(17)18)20-9-10-4-2-3-5-13(10)16/h2-8H,9H2,1H3,(H,17,18). The van der Waals surface area contributed by atoms with Crippen molar-refractivity contribution in [3.8, 4) is 11.5 Å². The highest BCUT2D eigenvalue weighted by molar-refractivity contribution is 6.31. The first kappa shape index (κ1) is 14.2. The third kappa shape index (κ3) is 3.22. The predicted octanol–water partition coefficient (Wildman–Crippen LogP) is 3.63. The van der Waals surface area contributed by atoms with Crippen LogP contribution in [0, 0.1) is 0 Å². The van der Waals surface area contributed by atoms with Gasteiger partial charge < -0.3 is 14.6 Å². The fourth-order valence-electron chi connectivity index (χ4n) is 1.70. The molecule has 2 aromatic rings. The van der Waals surface area contributed by atoms with E-state index in [0.29, 0.717) is 10.8 Å². The van der Waals surface area contributed by atoms with Gasteiger partial charge in [-0.2, -0.15) is 0 Å². The topological polar surface area (TPSA) is 55.8 Å². The van der Waals surface area contributed by atoms with Crippen molar-refractivity contribution in [3.63, 3.8) is 0 Å². The van der Waals surface area contributed by atoms with Crippen LogP contribution in [0.1, 0.15) is 15.9 Å². The van der Waals surface area contributed by atoms with Crippen LogP contribution in [0.3, 0.4) is 0 Å². The normalized spacial score (nSPS) is 10.1. The molecular formula is C15H13ClO4. The molecule has 5 heteroatoms. The molecule has 0 aliphatic rings. The van der Waals surface area contributed by atoms with Crippen LogP contribution in [-0.2, 0) is 6.61 Å². The van der Waals surface area contributed by atoms with Gasteiger partial charge in [0.25, 0.3) is 0 Å². The monoisotopic (exact) mass is 292 g/mol. The highest BCUT2D eigenvalue weighted by atomic mass is 35.5. The summed E-state index contributed by atoms with van der Waals surface area (Å²) in [7, 11) is 1.48. The van der Waals surface area contributed by atoms with Gasteiger partial charge in [0.15, 0.2) is 0 Å². The Labute approximate surface area is 121 Å². The highest BCUT2D eigenvalue weighted by Gasteiger charge is 2.13. The Hall–Kier alpha value is -2.20. The lowest BCUT2D eigenvalue weighted by atomic mass is 10.2. The first-order valence-corrected chi connectivity index (χ1v) is 6.27. The number of carboxylic acids is 1. The number of hydrogen-bond acceptors (Lipinski definition) is 3. The predicted molar refractivity (Wildman–Crippen MR) is 75.7 cm³/mol. The summed E-state index contributed by atoms with van der Waals surface area (Å²) in [5.74, 6) is -0.330.